The largest absolute Gasteiger partial charge is 0.480 e. The topological polar surface area (TPSA) is 87.7 Å². The third kappa shape index (κ3) is 6.23. The van der Waals surface area contributed by atoms with Crippen LogP contribution in [0.5, 0.6) is 0 Å². The Morgan fingerprint density at radius 1 is 1.31 bits per heavy atom. The van der Waals surface area contributed by atoms with E-state index in [1.165, 1.54) is 0 Å². The number of rotatable bonds is 7. The number of hydrogen-bond acceptors (Lipinski definition) is 3. The summed E-state index contributed by atoms with van der Waals surface area (Å²) in [7, 11) is 0. The third-order valence-corrected chi connectivity index (χ3v) is 1.96. The van der Waals surface area contributed by atoms with Gasteiger partial charge in [-0.05, 0) is 20.3 Å². The molecule has 0 spiro atoms. The first-order chi connectivity index (χ1) is 7.51. The van der Waals surface area contributed by atoms with Crippen molar-refractivity contribution in [3.8, 4) is 0 Å². The van der Waals surface area contributed by atoms with Crippen molar-refractivity contribution in [2.75, 3.05) is 13.2 Å². The summed E-state index contributed by atoms with van der Waals surface area (Å²) in [5.41, 5.74) is 0. The number of carboxylic acids is 1. The van der Waals surface area contributed by atoms with E-state index in [9.17, 15) is 9.59 Å². The van der Waals surface area contributed by atoms with Gasteiger partial charge in [0.2, 0.25) is 0 Å². The first-order valence-corrected chi connectivity index (χ1v) is 5.38. The lowest BCUT2D eigenvalue weighted by molar-refractivity contribution is -0.139. The Kier molecular flexibility index (Phi) is 7.28. The number of nitrogens with one attached hydrogen (secondary N) is 2. The minimum Gasteiger partial charge on any atom is -0.480 e. The molecule has 6 nitrogen and oxygen atoms in total. The van der Waals surface area contributed by atoms with Crippen LogP contribution in [0.2, 0.25) is 0 Å². The first-order valence-electron chi connectivity index (χ1n) is 5.38. The lowest BCUT2D eigenvalue weighted by atomic mass is 10.2. The average Bonchev–Trinajstić information content (AvgIpc) is 2.22. The number of amides is 2. The van der Waals surface area contributed by atoms with Crippen molar-refractivity contribution >= 4 is 12.0 Å². The van der Waals surface area contributed by atoms with Crippen LogP contribution < -0.4 is 10.6 Å². The minimum atomic E-state index is -1.03. The number of urea groups is 1. The van der Waals surface area contributed by atoms with Gasteiger partial charge in [0.25, 0.3) is 0 Å². The molecule has 0 aromatic carbocycles. The summed E-state index contributed by atoms with van der Waals surface area (Å²) in [6, 6.07) is -1.48. The highest BCUT2D eigenvalue weighted by Gasteiger charge is 2.18. The second kappa shape index (κ2) is 7.92. The molecule has 2 atom stereocenters. The summed E-state index contributed by atoms with van der Waals surface area (Å²) < 4.78 is 5.12. The number of carboxylic acid groups (broad SMARTS) is 1. The van der Waals surface area contributed by atoms with E-state index in [1.54, 1.807) is 13.8 Å². The zero-order valence-corrected chi connectivity index (χ0v) is 9.95. The van der Waals surface area contributed by atoms with Gasteiger partial charge in [-0.1, -0.05) is 6.92 Å². The fourth-order valence-corrected chi connectivity index (χ4v) is 1.10. The maximum atomic E-state index is 11.3. The summed E-state index contributed by atoms with van der Waals surface area (Å²) in [5.74, 6) is -1.03. The molecule has 0 aliphatic rings. The molecule has 0 saturated heterocycles. The van der Waals surface area contributed by atoms with Gasteiger partial charge in [0.05, 0.1) is 12.6 Å². The molecule has 0 saturated carbocycles. The summed E-state index contributed by atoms with van der Waals surface area (Å²) in [6.07, 6.45) is 0.350. The normalized spacial score (nSPS) is 13.9. The van der Waals surface area contributed by atoms with Crippen LogP contribution in [-0.2, 0) is 9.53 Å². The predicted molar refractivity (Wildman–Crippen MR) is 59.3 cm³/mol. The number of ether oxygens (including phenoxy) is 1. The third-order valence-electron chi connectivity index (χ3n) is 1.96. The van der Waals surface area contributed by atoms with E-state index in [-0.39, 0.29) is 6.04 Å². The molecule has 0 aliphatic heterocycles. The maximum Gasteiger partial charge on any atom is 0.326 e. The van der Waals surface area contributed by atoms with E-state index in [0.717, 1.165) is 0 Å². The summed E-state index contributed by atoms with van der Waals surface area (Å²) in [6.45, 7) is 6.35. The molecule has 0 radical (unpaired) electrons. The van der Waals surface area contributed by atoms with E-state index in [0.29, 0.717) is 19.6 Å². The molecular formula is C10H20N2O4. The Hall–Kier alpha value is -1.30. The van der Waals surface area contributed by atoms with Crippen LogP contribution in [0.15, 0.2) is 0 Å². The molecule has 0 bridgehead atoms. The van der Waals surface area contributed by atoms with Crippen molar-refractivity contribution in [3.05, 3.63) is 0 Å². The van der Waals surface area contributed by atoms with E-state index in [2.05, 4.69) is 10.6 Å². The SMILES string of the molecule is CCOCC(C)NC(=O)N[C@H](CC)C(=O)O. The van der Waals surface area contributed by atoms with Crippen molar-refractivity contribution in [1.29, 1.82) is 0 Å². The Labute approximate surface area is 95.4 Å². The zero-order chi connectivity index (χ0) is 12.6. The van der Waals surface area contributed by atoms with Crippen molar-refractivity contribution in [2.45, 2.75) is 39.3 Å². The van der Waals surface area contributed by atoms with Crippen molar-refractivity contribution < 1.29 is 19.4 Å². The first kappa shape index (κ1) is 14.7. The molecule has 6 heteroatoms. The van der Waals surface area contributed by atoms with Gasteiger partial charge in [0.1, 0.15) is 6.04 Å². The van der Waals surface area contributed by atoms with Gasteiger partial charge in [-0.25, -0.2) is 9.59 Å². The molecule has 94 valence electrons. The second-order valence-electron chi connectivity index (χ2n) is 3.48. The van der Waals surface area contributed by atoms with Gasteiger partial charge in [-0.2, -0.15) is 0 Å². The Morgan fingerprint density at radius 3 is 2.38 bits per heavy atom. The minimum absolute atomic E-state index is 0.147. The highest BCUT2D eigenvalue weighted by atomic mass is 16.5. The van der Waals surface area contributed by atoms with Crippen molar-refractivity contribution in [3.63, 3.8) is 0 Å². The van der Waals surface area contributed by atoms with Crippen LogP contribution in [-0.4, -0.2) is 42.4 Å². The predicted octanol–water partition coefficient (Wildman–Crippen LogP) is 0.574. The molecule has 0 aromatic rings. The molecule has 0 fully saturated rings. The van der Waals surface area contributed by atoms with E-state index >= 15 is 0 Å². The van der Waals surface area contributed by atoms with E-state index < -0.39 is 18.0 Å². The number of carbonyl (C=O) groups is 2. The van der Waals surface area contributed by atoms with Gasteiger partial charge in [-0.3, -0.25) is 0 Å². The second-order valence-corrected chi connectivity index (χ2v) is 3.48. The Balaban J connectivity index is 3.92. The number of hydrogen-bond donors (Lipinski definition) is 3. The van der Waals surface area contributed by atoms with Gasteiger partial charge in [-0.15, -0.1) is 0 Å². The zero-order valence-electron chi connectivity index (χ0n) is 9.95. The van der Waals surface area contributed by atoms with Gasteiger partial charge in [0, 0.05) is 6.61 Å². The molecule has 16 heavy (non-hydrogen) atoms. The summed E-state index contributed by atoms with van der Waals surface area (Å²) in [5, 5.41) is 13.7. The van der Waals surface area contributed by atoms with Crippen LogP contribution in [0, 0.1) is 0 Å². The van der Waals surface area contributed by atoms with Crippen molar-refractivity contribution in [1.82, 2.24) is 10.6 Å². The lowest BCUT2D eigenvalue weighted by Gasteiger charge is -2.17. The molecule has 0 aromatic heterocycles. The van der Waals surface area contributed by atoms with Crippen LogP contribution in [0.4, 0.5) is 4.79 Å². The highest BCUT2D eigenvalue weighted by molar-refractivity contribution is 5.82. The van der Waals surface area contributed by atoms with Crippen LogP contribution in [0.25, 0.3) is 0 Å². The summed E-state index contributed by atoms with van der Waals surface area (Å²) >= 11 is 0. The molecular weight excluding hydrogens is 212 g/mol. The smallest absolute Gasteiger partial charge is 0.326 e. The summed E-state index contributed by atoms with van der Waals surface area (Å²) in [4.78, 5) is 22.0. The lowest BCUT2D eigenvalue weighted by Crippen LogP contribution is -2.49. The quantitative estimate of drug-likeness (QED) is 0.599. The molecule has 0 heterocycles. The van der Waals surface area contributed by atoms with Crippen LogP contribution in [0.1, 0.15) is 27.2 Å². The monoisotopic (exact) mass is 232 g/mol. The van der Waals surface area contributed by atoms with Crippen LogP contribution >= 0.6 is 0 Å². The standard InChI is InChI=1S/C10H20N2O4/c1-4-8(9(13)14)12-10(15)11-7(3)6-16-5-2/h7-8H,4-6H2,1-3H3,(H,13,14)(H2,11,12,15)/t7?,8-/m1/s1. The maximum absolute atomic E-state index is 11.3. The number of aliphatic carboxylic acids is 1. The fraction of sp³-hybridized carbons (Fsp3) is 0.800. The van der Waals surface area contributed by atoms with Crippen molar-refractivity contribution in [2.24, 2.45) is 0 Å². The number of carbonyl (C=O) groups excluding carboxylic acids is 1. The average molecular weight is 232 g/mol. The van der Waals surface area contributed by atoms with Gasteiger partial charge < -0.3 is 20.5 Å². The fourth-order valence-electron chi connectivity index (χ4n) is 1.10. The molecule has 1 unspecified atom stereocenters. The molecule has 3 N–H and O–H groups in total. The molecule has 0 rings (SSSR count). The van der Waals surface area contributed by atoms with E-state index in [1.807, 2.05) is 6.92 Å². The van der Waals surface area contributed by atoms with E-state index in [4.69, 9.17) is 9.84 Å². The van der Waals surface area contributed by atoms with Crippen LogP contribution in [0.3, 0.4) is 0 Å². The van der Waals surface area contributed by atoms with Gasteiger partial charge >= 0.3 is 12.0 Å². The molecule has 0 aliphatic carbocycles. The Morgan fingerprint density at radius 2 is 1.94 bits per heavy atom. The Bertz CT molecular complexity index is 233. The highest BCUT2D eigenvalue weighted by Crippen LogP contribution is 1.91. The van der Waals surface area contributed by atoms with Gasteiger partial charge in [0.15, 0.2) is 0 Å². The molecule has 2 amide bonds.